The molecule has 1 aliphatic heterocycles. The molecule has 0 bridgehead atoms. The molecule has 2 rings (SSSR count). The second kappa shape index (κ2) is 6.93. The third kappa shape index (κ3) is 3.96. The van der Waals surface area contributed by atoms with Crippen LogP contribution in [0.5, 0.6) is 0 Å². The molecule has 1 fully saturated rings. The molecule has 0 aromatic heterocycles. The first kappa shape index (κ1) is 14.4. The van der Waals surface area contributed by atoms with Crippen molar-refractivity contribution in [1.29, 1.82) is 0 Å². The van der Waals surface area contributed by atoms with Gasteiger partial charge in [0.1, 0.15) is 11.6 Å². The molecule has 19 heavy (non-hydrogen) atoms. The summed E-state index contributed by atoms with van der Waals surface area (Å²) in [5.41, 5.74) is -0.265. The lowest BCUT2D eigenvalue weighted by molar-refractivity contribution is 0.163. The topological polar surface area (TPSA) is 41.5 Å². The van der Waals surface area contributed by atoms with E-state index in [1.54, 1.807) is 0 Å². The van der Waals surface area contributed by atoms with Gasteiger partial charge in [-0.05, 0) is 37.4 Å². The number of hydrogen-bond donors (Lipinski definition) is 2. The smallest absolute Gasteiger partial charge is 0.131 e. The third-order valence-corrected chi connectivity index (χ3v) is 3.42. The molecular formula is C14H19F2NO2. The molecule has 3 nitrogen and oxygen atoms in total. The Morgan fingerprint density at radius 2 is 2.11 bits per heavy atom. The number of aliphatic hydroxyl groups excluding tert-OH is 1. The van der Waals surface area contributed by atoms with E-state index in [0.29, 0.717) is 12.5 Å². The number of halogens is 2. The van der Waals surface area contributed by atoms with Crippen molar-refractivity contribution in [1.82, 2.24) is 5.32 Å². The van der Waals surface area contributed by atoms with Crippen molar-refractivity contribution < 1.29 is 18.6 Å². The Balaban J connectivity index is 1.76. The predicted molar refractivity (Wildman–Crippen MR) is 67.7 cm³/mol. The maximum atomic E-state index is 13.4. The molecule has 2 unspecified atom stereocenters. The summed E-state index contributed by atoms with van der Waals surface area (Å²) >= 11 is 0. The van der Waals surface area contributed by atoms with E-state index in [0.717, 1.165) is 38.2 Å². The summed E-state index contributed by atoms with van der Waals surface area (Å²) in [4.78, 5) is 0. The molecule has 0 saturated carbocycles. The van der Waals surface area contributed by atoms with Gasteiger partial charge in [0.05, 0.1) is 11.7 Å². The molecule has 1 aromatic rings. The second-order valence-electron chi connectivity index (χ2n) is 4.87. The summed E-state index contributed by atoms with van der Waals surface area (Å²) < 4.78 is 32.1. The Morgan fingerprint density at radius 3 is 2.74 bits per heavy atom. The minimum Gasteiger partial charge on any atom is -0.387 e. The fourth-order valence-corrected chi connectivity index (χ4v) is 2.29. The van der Waals surface area contributed by atoms with Crippen LogP contribution in [0.25, 0.3) is 0 Å². The Morgan fingerprint density at radius 1 is 1.37 bits per heavy atom. The van der Waals surface area contributed by atoms with Crippen LogP contribution in [-0.4, -0.2) is 31.4 Å². The zero-order chi connectivity index (χ0) is 13.7. The van der Waals surface area contributed by atoms with Crippen molar-refractivity contribution in [2.75, 3.05) is 26.3 Å². The van der Waals surface area contributed by atoms with Gasteiger partial charge in [-0.3, -0.25) is 0 Å². The lowest BCUT2D eigenvalue weighted by Crippen LogP contribution is -2.25. The summed E-state index contributed by atoms with van der Waals surface area (Å²) in [6, 6.07) is 3.59. The van der Waals surface area contributed by atoms with Crippen molar-refractivity contribution >= 4 is 0 Å². The number of rotatable bonds is 6. The van der Waals surface area contributed by atoms with Gasteiger partial charge in [0.2, 0.25) is 0 Å². The van der Waals surface area contributed by atoms with Gasteiger partial charge < -0.3 is 15.2 Å². The van der Waals surface area contributed by atoms with Crippen molar-refractivity contribution in [2.45, 2.75) is 18.9 Å². The van der Waals surface area contributed by atoms with Gasteiger partial charge >= 0.3 is 0 Å². The van der Waals surface area contributed by atoms with Crippen molar-refractivity contribution in [3.8, 4) is 0 Å². The van der Waals surface area contributed by atoms with Crippen molar-refractivity contribution in [3.05, 3.63) is 35.4 Å². The summed E-state index contributed by atoms with van der Waals surface area (Å²) in [6.45, 7) is 2.45. The summed E-state index contributed by atoms with van der Waals surface area (Å²) in [5, 5.41) is 12.8. The first-order chi connectivity index (χ1) is 9.18. The van der Waals surface area contributed by atoms with E-state index in [-0.39, 0.29) is 12.1 Å². The van der Waals surface area contributed by atoms with Crippen LogP contribution in [0.4, 0.5) is 8.78 Å². The molecule has 1 aliphatic rings. The summed E-state index contributed by atoms with van der Waals surface area (Å²) in [7, 11) is 0. The quantitative estimate of drug-likeness (QED) is 0.778. The van der Waals surface area contributed by atoms with Crippen LogP contribution < -0.4 is 5.32 Å². The Bertz CT molecular complexity index is 388. The summed E-state index contributed by atoms with van der Waals surface area (Å²) in [5.74, 6) is -0.869. The first-order valence-corrected chi connectivity index (χ1v) is 6.59. The third-order valence-electron chi connectivity index (χ3n) is 3.42. The highest BCUT2D eigenvalue weighted by Gasteiger charge is 2.18. The lowest BCUT2D eigenvalue weighted by Gasteiger charge is -2.14. The van der Waals surface area contributed by atoms with Gasteiger partial charge in [-0.25, -0.2) is 8.78 Å². The van der Waals surface area contributed by atoms with Crippen LogP contribution >= 0.6 is 0 Å². The molecular weight excluding hydrogens is 252 g/mol. The van der Waals surface area contributed by atoms with E-state index in [1.165, 1.54) is 6.07 Å². The lowest BCUT2D eigenvalue weighted by atomic mass is 10.0. The number of benzene rings is 1. The molecule has 0 amide bonds. The number of aliphatic hydroxyl groups is 1. The standard InChI is InChI=1S/C14H19F2NO2/c15-11-2-1-3-12(16)14(11)13(18)8-17-6-4-10-5-7-19-9-10/h1-3,10,13,17-18H,4-9H2. The van der Waals surface area contributed by atoms with Crippen LogP contribution in [0.1, 0.15) is 24.5 Å². The minimum absolute atomic E-state index is 0.144. The zero-order valence-corrected chi connectivity index (χ0v) is 10.7. The zero-order valence-electron chi connectivity index (χ0n) is 10.7. The average molecular weight is 271 g/mol. The van der Waals surface area contributed by atoms with Gasteiger partial charge in [-0.1, -0.05) is 6.07 Å². The monoisotopic (exact) mass is 271 g/mol. The number of hydrogen-bond acceptors (Lipinski definition) is 3. The second-order valence-corrected chi connectivity index (χ2v) is 4.87. The first-order valence-electron chi connectivity index (χ1n) is 6.59. The maximum absolute atomic E-state index is 13.4. The molecule has 2 N–H and O–H groups in total. The van der Waals surface area contributed by atoms with Gasteiger partial charge in [0, 0.05) is 19.8 Å². The van der Waals surface area contributed by atoms with Gasteiger partial charge in [-0.2, -0.15) is 0 Å². The van der Waals surface area contributed by atoms with Crippen molar-refractivity contribution in [2.24, 2.45) is 5.92 Å². The van der Waals surface area contributed by atoms with E-state index < -0.39 is 17.7 Å². The molecule has 0 aliphatic carbocycles. The fraction of sp³-hybridized carbons (Fsp3) is 0.571. The van der Waals surface area contributed by atoms with E-state index in [1.807, 2.05) is 0 Å². The largest absolute Gasteiger partial charge is 0.387 e. The van der Waals surface area contributed by atoms with Gasteiger partial charge in [0.25, 0.3) is 0 Å². The van der Waals surface area contributed by atoms with Gasteiger partial charge in [0.15, 0.2) is 0 Å². The molecule has 0 spiro atoms. The highest BCUT2D eigenvalue weighted by molar-refractivity contribution is 5.22. The molecule has 0 radical (unpaired) electrons. The number of nitrogens with one attached hydrogen (secondary N) is 1. The average Bonchev–Trinajstić information content (AvgIpc) is 2.87. The highest BCUT2D eigenvalue weighted by atomic mass is 19.1. The van der Waals surface area contributed by atoms with Crippen molar-refractivity contribution in [3.63, 3.8) is 0 Å². The Labute approximate surface area is 111 Å². The molecule has 106 valence electrons. The molecule has 5 heteroatoms. The SMILES string of the molecule is OC(CNCCC1CCOC1)c1c(F)cccc1F. The van der Waals surface area contributed by atoms with Crippen LogP contribution in [0, 0.1) is 17.6 Å². The van der Waals surface area contributed by atoms with E-state index >= 15 is 0 Å². The van der Waals surface area contributed by atoms with Crippen LogP contribution in [0.15, 0.2) is 18.2 Å². The summed E-state index contributed by atoms with van der Waals surface area (Å²) in [6.07, 6.45) is 0.847. The van der Waals surface area contributed by atoms with Crippen LogP contribution in [0.2, 0.25) is 0 Å². The van der Waals surface area contributed by atoms with E-state index in [9.17, 15) is 13.9 Å². The molecule has 2 atom stereocenters. The normalized spacial score (nSPS) is 20.7. The van der Waals surface area contributed by atoms with Crippen LogP contribution in [-0.2, 0) is 4.74 Å². The Hall–Kier alpha value is -1.04. The molecule has 1 saturated heterocycles. The Kier molecular flexibility index (Phi) is 5.24. The minimum atomic E-state index is -1.17. The molecule has 1 heterocycles. The van der Waals surface area contributed by atoms with E-state index in [2.05, 4.69) is 5.32 Å². The van der Waals surface area contributed by atoms with Gasteiger partial charge in [-0.15, -0.1) is 0 Å². The fourth-order valence-electron chi connectivity index (χ4n) is 2.29. The van der Waals surface area contributed by atoms with E-state index in [4.69, 9.17) is 4.74 Å². The van der Waals surface area contributed by atoms with Crippen LogP contribution in [0.3, 0.4) is 0 Å². The maximum Gasteiger partial charge on any atom is 0.131 e. The number of ether oxygens (including phenoxy) is 1. The highest BCUT2D eigenvalue weighted by Crippen LogP contribution is 2.20. The molecule has 1 aromatic carbocycles. The predicted octanol–water partition coefficient (Wildman–Crippen LogP) is 2.01.